The number of carbonyl (C=O) groups is 1. The Balaban J connectivity index is 1.52. The highest BCUT2D eigenvalue weighted by Gasteiger charge is 2.30. The van der Waals surface area contributed by atoms with Crippen LogP contribution in [0.1, 0.15) is 56.3 Å². The van der Waals surface area contributed by atoms with Crippen molar-refractivity contribution in [1.82, 2.24) is 10.3 Å². The number of aliphatic carboxylic acids is 1. The van der Waals surface area contributed by atoms with E-state index in [4.69, 9.17) is 14.1 Å². The van der Waals surface area contributed by atoms with Crippen LogP contribution in [-0.2, 0) is 4.79 Å². The van der Waals surface area contributed by atoms with Crippen LogP contribution in [0.5, 0.6) is 5.75 Å². The summed E-state index contributed by atoms with van der Waals surface area (Å²) in [6.07, 6.45) is 0.822. The molecule has 2 N–H and O–H groups in total. The van der Waals surface area contributed by atoms with Crippen molar-refractivity contribution in [2.24, 2.45) is 0 Å². The topological polar surface area (TPSA) is 84.6 Å². The standard InChI is InChI=1S/C31H30N2O4/c1-4-25(21-16-18-22(19-17-21)37-31(2,3)30(34)35)32-28(29-33-26-14-7-8-15-27(26)36-29)24-13-9-11-20-10-5-6-12-23(20)24/h5-19,25,28,32H,4H2,1-3H3,(H,34,35). The number of carboxylic acids is 1. The lowest BCUT2D eigenvalue weighted by Crippen LogP contribution is -2.37. The summed E-state index contributed by atoms with van der Waals surface area (Å²) in [5, 5.41) is 15.5. The molecule has 5 rings (SSSR count). The van der Waals surface area contributed by atoms with Crippen LogP contribution in [-0.4, -0.2) is 21.7 Å². The van der Waals surface area contributed by atoms with Crippen LogP contribution in [0.15, 0.2) is 95.4 Å². The van der Waals surface area contributed by atoms with Crippen LogP contribution < -0.4 is 10.1 Å². The predicted molar refractivity (Wildman–Crippen MR) is 145 cm³/mol. The highest BCUT2D eigenvalue weighted by atomic mass is 16.5. The Labute approximate surface area is 215 Å². The molecule has 0 spiro atoms. The molecule has 0 saturated carbocycles. The number of ether oxygens (including phenoxy) is 1. The first-order valence-corrected chi connectivity index (χ1v) is 12.5. The third-order valence-corrected chi connectivity index (χ3v) is 6.64. The minimum absolute atomic E-state index is 0.0134. The molecular weight excluding hydrogens is 464 g/mol. The molecule has 4 aromatic carbocycles. The van der Waals surface area contributed by atoms with Crippen molar-refractivity contribution in [3.8, 4) is 5.75 Å². The molecule has 5 aromatic rings. The molecule has 6 nitrogen and oxygen atoms in total. The molecule has 0 aliphatic carbocycles. The molecule has 1 heterocycles. The summed E-state index contributed by atoms with van der Waals surface area (Å²) >= 11 is 0. The Morgan fingerprint density at radius 1 is 0.973 bits per heavy atom. The van der Waals surface area contributed by atoms with E-state index in [1.807, 2.05) is 60.7 Å². The van der Waals surface area contributed by atoms with E-state index in [1.54, 1.807) is 0 Å². The van der Waals surface area contributed by atoms with Crippen LogP contribution in [0.2, 0.25) is 0 Å². The fourth-order valence-electron chi connectivity index (χ4n) is 4.57. The number of hydrogen-bond acceptors (Lipinski definition) is 5. The van der Waals surface area contributed by atoms with Gasteiger partial charge in [-0.15, -0.1) is 0 Å². The van der Waals surface area contributed by atoms with E-state index >= 15 is 0 Å². The van der Waals surface area contributed by atoms with E-state index in [-0.39, 0.29) is 12.1 Å². The lowest BCUT2D eigenvalue weighted by atomic mass is 9.96. The Bertz CT molecular complexity index is 1500. The number of oxazole rings is 1. The van der Waals surface area contributed by atoms with Gasteiger partial charge in [-0.3, -0.25) is 5.32 Å². The quantitative estimate of drug-likeness (QED) is 0.228. The Morgan fingerprint density at radius 2 is 1.68 bits per heavy atom. The Morgan fingerprint density at radius 3 is 2.41 bits per heavy atom. The van der Waals surface area contributed by atoms with Crippen LogP contribution >= 0.6 is 0 Å². The van der Waals surface area contributed by atoms with Gasteiger partial charge in [0, 0.05) is 6.04 Å². The monoisotopic (exact) mass is 494 g/mol. The number of fused-ring (bicyclic) bond motifs is 2. The van der Waals surface area contributed by atoms with Crippen LogP contribution in [0, 0.1) is 0 Å². The molecule has 0 saturated heterocycles. The molecule has 0 bridgehead atoms. The summed E-state index contributed by atoms with van der Waals surface area (Å²) in [4.78, 5) is 16.3. The maximum absolute atomic E-state index is 11.4. The Kier molecular flexibility index (Phi) is 6.68. The molecule has 37 heavy (non-hydrogen) atoms. The predicted octanol–water partition coefficient (Wildman–Crippen LogP) is 7.05. The molecule has 0 aliphatic rings. The minimum Gasteiger partial charge on any atom is -0.478 e. The summed E-state index contributed by atoms with van der Waals surface area (Å²) < 4.78 is 12.0. The molecule has 0 aliphatic heterocycles. The average Bonchev–Trinajstić information content (AvgIpc) is 3.34. The van der Waals surface area contributed by atoms with Crippen molar-refractivity contribution in [2.45, 2.75) is 44.9 Å². The van der Waals surface area contributed by atoms with E-state index in [1.165, 1.54) is 13.8 Å². The molecule has 2 unspecified atom stereocenters. The van der Waals surface area contributed by atoms with E-state index in [9.17, 15) is 9.90 Å². The SMILES string of the molecule is CCC(NC(c1nc2ccccc2o1)c1cccc2ccccc12)c1ccc(OC(C)(C)C(=O)O)cc1. The molecule has 188 valence electrons. The van der Waals surface area contributed by atoms with Gasteiger partial charge in [0.15, 0.2) is 11.2 Å². The maximum Gasteiger partial charge on any atom is 0.347 e. The zero-order valence-electron chi connectivity index (χ0n) is 21.1. The van der Waals surface area contributed by atoms with Gasteiger partial charge in [-0.25, -0.2) is 9.78 Å². The second-order valence-corrected chi connectivity index (χ2v) is 9.64. The number of hydrogen-bond donors (Lipinski definition) is 2. The van der Waals surface area contributed by atoms with Gasteiger partial charge in [-0.1, -0.05) is 73.7 Å². The zero-order chi connectivity index (χ0) is 26.0. The van der Waals surface area contributed by atoms with Gasteiger partial charge in [0.2, 0.25) is 5.89 Å². The van der Waals surface area contributed by atoms with Gasteiger partial charge in [0.05, 0.1) is 0 Å². The Hall–Kier alpha value is -4.16. The van der Waals surface area contributed by atoms with E-state index in [2.05, 4.69) is 42.6 Å². The van der Waals surface area contributed by atoms with Gasteiger partial charge in [0.25, 0.3) is 0 Å². The molecule has 0 amide bonds. The minimum atomic E-state index is -1.31. The lowest BCUT2D eigenvalue weighted by molar-refractivity contribution is -0.152. The maximum atomic E-state index is 11.4. The van der Waals surface area contributed by atoms with Crippen molar-refractivity contribution in [3.05, 3.63) is 108 Å². The van der Waals surface area contributed by atoms with E-state index < -0.39 is 11.6 Å². The summed E-state index contributed by atoms with van der Waals surface area (Å²) in [5.74, 6) is 0.107. The number of nitrogens with one attached hydrogen (secondary N) is 1. The fourth-order valence-corrected chi connectivity index (χ4v) is 4.57. The average molecular weight is 495 g/mol. The number of rotatable bonds is 9. The largest absolute Gasteiger partial charge is 0.478 e. The molecule has 2 atom stereocenters. The number of nitrogens with zero attached hydrogens (tertiary/aromatic N) is 1. The summed E-state index contributed by atoms with van der Waals surface area (Å²) in [7, 11) is 0. The third-order valence-electron chi connectivity index (χ3n) is 6.64. The van der Waals surface area contributed by atoms with Crippen molar-refractivity contribution in [2.75, 3.05) is 0 Å². The number of aromatic nitrogens is 1. The van der Waals surface area contributed by atoms with Crippen molar-refractivity contribution in [1.29, 1.82) is 0 Å². The normalized spacial score (nSPS) is 13.5. The van der Waals surface area contributed by atoms with Crippen molar-refractivity contribution < 1.29 is 19.1 Å². The van der Waals surface area contributed by atoms with Crippen molar-refractivity contribution >= 4 is 27.8 Å². The van der Waals surface area contributed by atoms with Crippen LogP contribution in [0.3, 0.4) is 0 Å². The molecule has 0 fully saturated rings. The zero-order valence-corrected chi connectivity index (χ0v) is 21.1. The van der Waals surface area contributed by atoms with Gasteiger partial charge in [-0.05, 0) is 66.4 Å². The summed E-state index contributed by atoms with van der Waals surface area (Å²) in [6.45, 7) is 5.20. The van der Waals surface area contributed by atoms with E-state index in [0.717, 1.165) is 39.4 Å². The first-order valence-electron chi connectivity index (χ1n) is 12.5. The molecular formula is C31H30N2O4. The summed E-state index contributed by atoms with van der Waals surface area (Å²) in [6, 6.07) is 29.7. The second kappa shape index (κ2) is 10.1. The molecule has 6 heteroatoms. The smallest absolute Gasteiger partial charge is 0.347 e. The summed E-state index contributed by atoms with van der Waals surface area (Å²) in [5.41, 5.74) is 2.41. The highest BCUT2D eigenvalue weighted by Crippen LogP contribution is 2.34. The first kappa shape index (κ1) is 24.5. The van der Waals surface area contributed by atoms with Gasteiger partial charge in [0.1, 0.15) is 17.3 Å². The van der Waals surface area contributed by atoms with Crippen LogP contribution in [0.25, 0.3) is 21.9 Å². The van der Waals surface area contributed by atoms with Gasteiger partial charge >= 0.3 is 5.97 Å². The number of benzene rings is 4. The molecule has 0 radical (unpaired) electrons. The first-order chi connectivity index (χ1) is 17.9. The number of para-hydroxylation sites is 2. The van der Waals surface area contributed by atoms with Gasteiger partial charge < -0.3 is 14.3 Å². The van der Waals surface area contributed by atoms with Gasteiger partial charge in [-0.2, -0.15) is 0 Å². The van der Waals surface area contributed by atoms with Crippen molar-refractivity contribution in [3.63, 3.8) is 0 Å². The fraction of sp³-hybridized carbons (Fsp3) is 0.226. The lowest BCUT2D eigenvalue weighted by Gasteiger charge is -2.26. The highest BCUT2D eigenvalue weighted by molar-refractivity contribution is 5.86. The van der Waals surface area contributed by atoms with Crippen LogP contribution in [0.4, 0.5) is 0 Å². The number of carboxylic acid groups (broad SMARTS) is 1. The van der Waals surface area contributed by atoms with E-state index in [0.29, 0.717) is 11.6 Å². The third kappa shape index (κ3) is 5.06. The second-order valence-electron chi connectivity index (χ2n) is 9.64. The molecule has 1 aromatic heterocycles.